The molecular formula is C12H12N2OS. The fourth-order valence-corrected chi connectivity index (χ4v) is 2.09. The summed E-state index contributed by atoms with van der Waals surface area (Å²) in [5.74, 6) is -0.000926. The van der Waals surface area contributed by atoms with Crippen LogP contribution in [0.15, 0.2) is 29.8 Å². The predicted molar refractivity (Wildman–Crippen MR) is 65.6 cm³/mol. The predicted octanol–water partition coefficient (Wildman–Crippen LogP) is 2.69. The van der Waals surface area contributed by atoms with Crippen LogP contribution in [0.4, 0.5) is 0 Å². The number of nitrogens with zero attached hydrogens (tertiary/aromatic N) is 2. The summed E-state index contributed by atoms with van der Waals surface area (Å²) in [7, 11) is 1.81. The summed E-state index contributed by atoms with van der Waals surface area (Å²) in [4.78, 5) is 12.9. The first-order valence-electron chi connectivity index (χ1n) is 4.93. The molecule has 3 nitrogen and oxygen atoms in total. The third kappa shape index (κ3) is 2.28. The molecule has 0 fully saturated rings. The van der Waals surface area contributed by atoms with Gasteiger partial charge >= 0.3 is 0 Å². The molecule has 0 saturated heterocycles. The van der Waals surface area contributed by atoms with E-state index in [9.17, 15) is 4.79 Å². The van der Waals surface area contributed by atoms with Crippen LogP contribution < -0.4 is 0 Å². The van der Waals surface area contributed by atoms with E-state index in [1.165, 1.54) is 0 Å². The van der Waals surface area contributed by atoms with Crippen LogP contribution >= 0.6 is 11.3 Å². The van der Waals surface area contributed by atoms with Crippen LogP contribution in [0.25, 0.3) is 6.08 Å². The molecule has 82 valence electrons. The van der Waals surface area contributed by atoms with Crippen LogP contribution in [-0.2, 0) is 7.05 Å². The van der Waals surface area contributed by atoms with Crippen LogP contribution in [0.3, 0.4) is 0 Å². The van der Waals surface area contributed by atoms with Gasteiger partial charge in [-0.05, 0) is 30.5 Å². The molecule has 0 unspecified atom stereocenters. The molecular weight excluding hydrogens is 220 g/mol. The maximum atomic E-state index is 11.8. The van der Waals surface area contributed by atoms with E-state index >= 15 is 0 Å². The van der Waals surface area contributed by atoms with E-state index in [1.807, 2.05) is 37.6 Å². The second-order valence-corrected chi connectivity index (χ2v) is 4.49. The normalized spacial score (nSPS) is 11.1. The minimum Gasteiger partial charge on any atom is -0.289 e. The van der Waals surface area contributed by atoms with Crippen molar-refractivity contribution in [3.05, 3.63) is 45.9 Å². The van der Waals surface area contributed by atoms with Gasteiger partial charge in [0.25, 0.3) is 0 Å². The highest BCUT2D eigenvalue weighted by Crippen LogP contribution is 2.12. The molecule has 16 heavy (non-hydrogen) atoms. The Balaban J connectivity index is 2.17. The van der Waals surface area contributed by atoms with Crippen LogP contribution in [-0.4, -0.2) is 15.6 Å². The summed E-state index contributed by atoms with van der Waals surface area (Å²) in [5.41, 5.74) is 1.43. The summed E-state index contributed by atoms with van der Waals surface area (Å²) in [6, 6.07) is 3.94. The van der Waals surface area contributed by atoms with Crippen molar-refractivity contribution in [1.82, 2.24) is 9.78 Å². The first-order chi connectivity index (χ1) is 7.66. The second-order valence-electron chi connectivity index (χ2n) is 3.51. The maximum absolute atomic E-state index is 11.8. The Bertz CT molecular complexity index is 523. The van der Waals surface area contributed by atoms with E-state index in [0.29, 0.717) is 5.56 Å². The zero-order valence-electron chi connectivity index (χ0n) is 9.18. The highest BCUT2D eigenvalue weighted by atomic mass is 32.1. The van der Waals surface area contributed by atoms with Crippen molar-refractivity contribution >= 4 is 23.2 Å². The van der Waals surface area contributed by atoms with Gasteiger partial charge in [0.15, 0.2) is 5.78 Å². The Morgan fingerprint density at radius 3 is 2.94 bits per heavy atom. The topological polar surface area (TPSA) is 34.9 Å². The summed E-state index contributed by atoms with van der Waals surface area (Å²) >= 11 is 1.61. The Kier molecular flexibility index (Phi) is 3.01. The van der Waals surface area contributed by atoms with Crippen LogP contribution in [0.2, 0.25) is 0 Å². The largest absolute Gasteiger partial charge is 0.289 e. The summed E-state index contributed by atoms with van der Waals surface area (Å²) in [6.07, 6.45) is 5.17. The smallest absolute Gasteiger partial charge is 0.189 e. The molecule has 2 heterocycles. The molecule has 2 rings (SSSR count). The molecule has 2 aromatic heterocycles. The van der Waals surface area contributed by atoms with Gasteiger partial charge in [0.1, 0.15) is 0 Å². The van der Waals surface area contributed by atoms with Crippen molar-refractivity contribution in [2.75, 3.05) is 0 Å². The highest BCUT2D eigenvalue weighted by Gasteiger charge is 2.08. The molecule has 0 amide bonds. The van der Waals surface area contributed by atoms with Crippen molar-refractivity contribution in [2.45, 2.75) is 6.92 Å². The van der Waals surface area contributed by atoms with Crippen molar-refractivity contribution < 1.29 is 4.79 Å². The molecule has 0 aliphatic heterocycles. The van der Waals surface area contributed by atoms with Gasteiger partial charge in [-0.1, -0.05) is 6.07 Å². The number of carbonyl (C=O) groups is 1. The van der Waals surface area contributed by atoms with E-state index in [2.05, 4.69) is 5.10 Å². The molecule has 0 aliphatic carbocycles. The minimum atomic E-state index is -0.000926. The number of hydrogen-bond acceptors (Lipinski definition) is 3. The van der Waals surface area contributed by atoms with Crippen molar-refractivity contribution in [3.63, 3.8) is 0 Å². The maximum Gasteiger partial charge on any atom is 0.189 e. The van der Waals surface area contributed by atoms with Crippen LogP contribution in [0.1, 0.15) is 20.9 Å². The SMILES string of the molecule is Cc1nn(C)cc1C(=O)/C=C/c1cccs1. The molecule has 0 radical (unpaired) electrons. The average Bonchev–Trinajstić information content (AvgIpc) is 2.84. The van der Waals surface area contributed by atoms with Gasteiger partial charge in [0.2, 0.25) is 0 Å². The zero-order chi connectivity index (χ0) is 11.5. The third-order valence-corrected chi connectivity index (χ3v) is 3.06. The van der Waals surface area contributed by atoms with Crippen molar-refractivity contribution in [2.24, 2.45) is 7.05 Å². The Labute approximate surface area is 98.0 Å². The molecule has 0 spiro atoms. The highest BCUT2D eigenvalue weighted by molar-refractivity contribution is 7.10. The second kappa shape index (κ2) is 4.45. The van der Waals surface area contributed by atoms with Gasteiger partial charge in [0.05, 0.1) is 11.3 Å². The van der Waals surface area contributed by atoms with Crippen LogP contribution in [0.5, 0.6) is 0 Å². The first-order valence-corrected chi connectivity index (χ1v) is 5.81. The molecule has 0 atom stereocenters. The fourth-order valence-electron chi connectivity index (χ4n) is 1.48. The molecule has 4 heteroatoms. The quantitative estimate of drug-likeness (QED) is 0.602. The van der Waals surface area contributed by atoms with E-state index in [-0.39, 0.29) is 5.78 Å². The molecule has 2 aromatic rings. The molecule has 0 aliphatic rings. The van der Waals surface area contributed by atoms with E-state index in [0.717, 1.165) is 10.6 Å². The zero-order valence-corrected chi connectivity index (χ0v) is 9.99. The van der Waals surface area contributed by atoms with Gasteiger partial charge in [0, 0.05) is 18.1 Å². The summed E-state index contributed by atoms with van der Waals surface area (Å²) < 4.78 is 1.65. The lowest BCUT2D eigenvalue weighted by atomic mass is 10.1. The van der Waals surface area contributed by atoms with Gasteiger partial charge in [-0.15, -0.1) is 11.3 Å². The standard InChI is InChI=1S/C12H12N2OS/c1-9-11(8-14(2)13-9)12(15)6-5-10-4-3-7-16-10/h3-8H,1-2H3/b6-5+. The number of aromatic nitrogens is 2. The van der Waals surface area contributed by atoms with Crippen molar-refractivity contribution in [1.29, 1.82) is 0 Å². The van der Waals surface area contributed by atoms with E-state index < -0.39 is 0 Å². The Hall–Kier alpha value is -1.68. The molecule has 0 bridgehead atoms. The Morgan fingerprint density at radius 1 is 1.56 bits per heavy atom. The van der Waals surface area contributed by atoms with Crippen LogP contribution in [0, 0.1) is 6.92 Å². The number of carbonyl (C=O) groups excluding carboxylic acids is 1. The third-order valence-electron chi connectivity index (χ3n) is 2.22. The monoisotopic (exact) mass is 232 g/mol. The average molecular weight is 232 g/mol. The number of allylic oxidation sites excluding steroid dienone is 1. The molecule has 0 aromatic carbocycles. The summed E-state index contributed by atoms with van der Waals surface area (Å²) in [6.45, 7) is 1.84. The van der Waals surface area contributed by atoms with E-state index in [4.69, 9.17) is 0 Å². The first kappa shape index (κ1) is 10.8. The number of thiophene rings is 1. The fraction of sp³-hybridized carbons (Fsp3) is 0.167. The lowest BCUT2D eigenvalue weighted by Gasteiger charge is -1.90. The number of hydrogen-bond donors (Lipinski definition) is 0. The minimum absolute atomic E-state index is 0.000926. The van der Waals surface area contributed by atoms with Gasteiger partial charge in [-0.2, -0.15) is 5.10 Å². The van der Waals surface area contributed by atoms with Gasteiger partial charge < -0.3 is 0 Å². The van der Waals surface area contributed by atoms with Crippen molar-refractivity contribution in [3.8, 4) is 0 Å². The lowest BCUT2D eigenvalue weighted by molar-refractivity contribution is 0.104. The molecule has 0 saturated carbocycles. The summed E-state index contributed by atoms with van der Waals surface area (Å²) in [5, 5.41) is 6.13. The van der Waals surface area contributed by atoms with Gasteiger partial charge in [-0.3, -0.25) is 9.48 Å². The number of aryl methyl sites for hydroxylation is 2. The molecule has 0 N–H and O–H groups in total. The Morgan fingerprint density at radius 2 is 2.38 bits per heavy atom. The number of rotatable bonds is 3. The van der Waals surface area contributed by atoms with E-state index in [1.54, 1.807) is 28.3 Å². The number of ketones is 1. The lowest BCUT2D eigenvalue weighted by Crippen LogP contribution is -1.94. The van der Waals surface area contributed by atoms with Gasteiger partial charge in [-0.25, -0.2) is 0 Å².